The fourth-order valence-electron chi connectivity index (χ4n) is 2.63. The molecule has 0 unspecified atom stereocenters. The maximum absolute atomic E-state index is 12.4. The van der Waals surface area contributed by atoms with Crippen molar-refractivity contribution in [1.82, 2.24) is 4.98 Å². The third-order valence-corrected chi connectivity index (χ3v) is 5.29. The maximum Gasteiger partial charge on any atom is 0.358 e. The summed E-state index contributed by atoms with van der Waals surface area (Å²) >= 11 is 7.31. The molecule has 1 N–H and O–H groups in total. The zero-order valence-electron chi connectivity index (χ0n) is 15.7. The van der Waals surface area contributed by atoms with Gasteiger partial charge in [-0.2, -0.15) is 0 Å². The van der Waals surface area contributed by atoms with Gasteiger partial charge in [0.25, 0.3) is 5.91 Å². The molecule has 1 aromatic heterocycles. The fourth-order valence-corrected chi connectivity index (χ4v) is 3.61. The number of halogens is 1. The predicted molar refractivity (Wildman–Crippen MR) is 112 cm³/mol. The second-order valence-electron chi connectivity index (χ2n) is 6.35. The van der Waals surface area contributed by atoms with Crippen molar-refractivity contribution in [3.63, 3.8) is 0 Å². The van der Waals surface area contributed by atoms with E-state index in [1.807, 2.05) is 44.2 Å². The minimum Gasteiger partial charge on any atom is -0.448 e. The number of thiazole rings is 1. The van der Waals surface area contributed by atoms with E-state index >= 15 is 0 Å². The van der Waals surface area contributed by atoms with Crippen LogP contribution >= 0.6 is 22.9 Å². The SMILES string of the molecule is Cc1cccc(C)c1NC(=O)[C@H](C)OC(=O)c1csc(-c2cccc(Cl)c2)n1. The van der Waals surface area contributed by atoms with Crippen molar-refractivity contribution >= 4 is 40.5 Å². The molecule has 0 bridgehead atoms. The van der Waals surface area contributed by atoms with E-state index in [4.69, 9.17) is 16.3 Å². The highest BCUT2D eigenvalue weighted by Gasteiger charge is 2.22. The Morgan fingerprint density at radius 3 is 2.50 bits per heavy atom. The highest BCUT2D eigenvalue weighted by atomic mass is 35.5. The van der Waals surface area contributed by atoms with Crippen LogP contribution in [0.4, 0.5) is 5.69 Å². The van der Waals surface area contributed by atoms with Crippen LogP contribution in [0.2, 0.25) is 5.02 Å². The lowest BCUT2D eigenvalue weighted by Gasteiger charge is -2.15. The van der Waals surface area contributed by atoms with E-state index in [0.717, 1.165) is 22.4 Å². The van der Waals surface area contributed by atoms with Crippen molar-refractivity contribution in [1.29, 1.82) is 0 Å². The van der Waals surface area contributed by atoms with Gasteiger partial charge in [-0.1, -0.05) is 41.9 Å². The fraction of sp³-hybridized carbons (Fsp3) is 0.190. The maximum atomic E-state index is 12.4. The van der Waals surface area contributed by atoms with Gasteiger partial charge < -0.3 is 10.1 Å². The summed E-state index contributed by atoms with van der Waals surface area (Å²) in [5.74, 6) is -1.04. The molecule has 0 spiro atoms. The Morgan fingerprint density at radius 2 is 1.82 bits per heavy atom. The number of hydrogen-bond acceptors (Lipinski definition) is 5. The molecular formula is C21H19ClN2O3S. The number of para-hydroxylation sites is 1. The first-order valence-corrected chi connectivity index (χ1v) is 9.90. The number of esters is 1. The van der Waals surface area contributed by atoms with Crippen molar-refractivity contribution in [2.45, 2.75) is 26.9 Å². The quantitative estimate of drug-likeness (QED) is 0.578. The Kier molecular flexibility index (Phi) is 6.11. The Labute approximate surface area is 172 Å². The molecule has 1 atom stereocenters. The van der Waals surface area contributed by atoms with Gasteiger partial charge in [0.05, 0.1) is 0 Å². The van der Waals surface area contributed by atoms with Crippen LogP contribution in [-0.4, -0.2) is 23.0 Å². The number of benzene rings is 2. The first-order valence-electron chi connectivity index (χ1n) is 8.64. The number of anilines is 1. The number of aromatic nitrogens is 1. The molecule has 0 saturated carbocycles. The number of hydrogen-bond donors (Lipinski definition) is 1. The lowest BCUT2D eigenvalue weighted by molar-refractivity contribution is -0.123. The van der Waals surface area contributed by atoms with E-state index in [1.54, 1.807) is 17.5 Å². The van der Waals surface area contributed by atoms with E-state index in [0.29, 0.717) is 10.0 Å². The van der Waals surface area contributed by atoms with E-state index < -0.39 is 18.0 Å². The van der Waals surface area contributed by atoms with Crippen molar-refractivity contribution in [3.05, 3.63) is 69.7 Å². The zero-order chi connectivity index (χ0) is 20.3. The molecule has 5 nitrogen and oxygen atoms in total. The van der Waals surface area contributed by atoms with Gasteiger partial charge >= 0.3 is 5.97 Å². The first kappa shape index (κ1) is 20.0. The number of aryl methyl sites for hydroxylation is 2. The standard InChI is InChI=1S/C21H19ClN2O3S/c1-12-6-4-7-13(2)18(12)24-19(25)14(3)27-21(26)17-11-28-20(23-17)15-8-5-9-16(22)10-15/h4-11,14H,1-3H3,(H,24,25)/t14-/m0/s1. The zero-order valence-corrected chi connectivity index (χ0v) is 17.2. The van der Waals surface area contributed by atoms with Crippen LogP contribution in [0.15, 0.2) is 47.8 Å². The molecule has 1 heterocycles. The van der Waals surface area contributed by atoms with Crippen LogP contribution in [-0.2, 0) is 9.53 Å². The molecule has 1 amide bonds. The third-order valence-electron chi connectivity index (χ3n) is 4.17. The second-order valence-corrected chi connectivity index (χ2v) is 7.65. The minimum atomic E-state index is -0.956. The van der Waals surface area contributed by atoms with Crippen molar-refractivity contribution < 1.29 is 14.3 Å². The van der Waals surface area contributed by atoms with Gasteiger partial charge in [-0.05, 0) is 44.0 Å². The van der Waals surface area contributed by atoms with E-state index in [1.165, 1.54) is 18.3 Å². The second kappa shape index (κ2) is 8.54. The first-order chi connectivity index (χ1) is 13.3. The number of rotatable bonds is 5. The number of ether oxygens (including phenoxy) is 1. The number of nitrogens with one attached hydrogen (secondary N) is 1. The average Bonchev–Trinajstić information content (AvgIpc) is 3.15. The Morgan fingerprint density at radius 1 is 1.14 bits per heavy atom. The third kappa shape index (κ3) is 4.58. The highest BCUT2D eigenvalue weighted by Crippen LogP contribution is 2.26. The molecule has 2 aromatic carbocycles. The molecule has 7 heteroatoms. The summed E-state index contributed by atoms with van der Waals surface area (Å²) in [7, 11) is 0. The molecule has 0 aliphatic carbocycles. The monoisotopic (exact) mass is 414 g/mol. The molecule has 0 saturated heterocycles. The summed E-state index contributed by atoms with van der Waals surface area (Å²) in [6, 6.07) is 13.0. The highest BCUT2D eigenvalue weighted by molar-refractivity contribution is 7.13. The van der Waals surface area contributed by atoms with Gasteiger partial charge in [0.15, 0.2) is 11.8 Å². The normalized spacial score (nSPS) is 11.7. The van der Waals surface area contributed by atoms with Gasteiger partial charge in [-0.3, -0.25) is 4.79 Å². The largest absolute Gasteiger partial charge is 0.448 e. The van der Waals surface area contributed by atoms with E-state index in [2.05, 4.69) is 10.3 Å². The molecule has 3 rings (SSSR count). The number of carbonyl (C=O) groups is 2. The molecule has 0 aliphatic rings. The Hall–Kier alpha value is -2.70. The molecule has 28 heavy (non-hydrogen) atoms. The molecule has 0 aliphatic heterocycles. The van der Waals surface area contributed by atoms with Crippen LogP contribution in [0.3, 0.4) is 0 Å². The van der Waals surface area contributed by atoms with Gasteiger partial charge in [-0.25, -0.2) is 9.78 Å². The minimum absolute atomic E-state index is 0.159. The van der Waals surface area contributed by atoms with Gasteiger partial charge in [0, 0.05) is 21.7 Å². The molecule has 0 fully saturated rings. The smallest absolute Gasteiger partial charge is 0.358 e. The van der Waals surface area contributed by atoms with Crippen LogP contribution < -0.4 is 5.32 Å². The predicted octanol–water partition coefficient (Wildman–Crippen LogP) is 5.26. The van der Waals surface area contributed by atoms with Gasteiger partial charge in [-0.15, -0.1) is 11.3 Å². The summed E-state index contributed by atoms with van der Waals surface area (Å²) in [6.45, 7) is 5.35. The van der Waals surface area contributed by atoms with E-state index in [9.17, 15) is 9.59 Å². The molecular weight excluding hydrogens is 396 g/mol. The molecule has 3 aromatic rings. The lowest BCUT2D eigenvalue weighted by Crippen LogP contribution is -2.30. The molecule has 0 radical (unpaired) electrons. The van der Waals surface area contributed by atoms with Gasteiger partial charge in [0.1, 0.15) is 5.01 Å². The lowest BCUT2D eigenvalue weighted by atomic mass is 10.1. The number of nitrogens with zero attached hydrogens (tertiary/aromatic N) is 1. The average molecular weight is 415 g/mol. The van der Waals surface area contributed by atoms with Crippen LogP contribution in [0.5, 0.6) is 0 Å². The van der Waals surface area contributed by atoms with Gasteiger partial charge in [0.2, 0.25) is 0 Å². The van der Waals surface area contributed by atoms with Crippen LogP contribution in [0.25, 0.3) is 10.6 Å². The summed E-state index contributed by atoms with van der Waals surface area (Å²) in [6.07, 6.45) is -0.956. The topological polar surface area (TPSA) is 68.3 Å². The van der Waals surface area contributed by atoms with Crippen LogP contribution in [0, 0.1) is 13.8 Å². The number of carbonyl (C=O) groups excluding carboxylic acids is 2. The summed E-state index contributed by atoms with van der Waals surface area (Å²) in [5.41, 5.74) is 3.59. The van der Waals surface area contributed by atoms with Crippen molar-refractivity contribution in [2.75, 3.05) is 5.32 Å². The Bertz CT molecular complexity index is 1010. The number of amides is 1. The van der Waals surface area contributed by atoms with Crippen LogP contribution in [0.1, 0.15) is 28.5 Å². The summed E-state index contributed by atoms with van der Waals surface area (Å²) in [5, 5.41) is 5.68. The summed E-state index contributed by atoms with van der Waals surface area (Å²) in [4.78, 5) is 29.1. The van der Waals surface area contributed by atoms with Crippen molar-refractivity contribution in [3.8, 4) is 10.6 Å². The van der Waals surface area contributed by atoms with Crippen molar-refractivity contribution in [2.24, 2.45) is 0 Å². The summed E-state index contributed by atoms with van der Waals surface area (Å²) < 4.78 is 5.29. The molecule has 144 valence electrons. The Balaban J connectivity index is 1.66. The van der Waals surface area contributed by atoms with E-state index in [-0.39, 0.29) is 5.69 Å².